The first-order valence-electron chi connectivity index (χ1n) is 11.2. The van der Waals surface area contributed by atoms with Crippen LogP contribution in [-0.4, -0.2) is 42.0 Å². The Morgan fingerprint density at radius 2 is 1.65 bits per heavy atom. The Bertz CT molecular complexity index is 1170. The van der Waals surface area contributed by atoms with Gasteiger partial charge in [0.15, 0.2) is 0 Å². The van der Waals surface area contributed by atoms with Crippen LogP contribution < -0.4 is 4.74 Å². The van der Waals surface area contributed by atoms with Gasteiger partial charge < -0.3 is 19.5 Å². The van der Waals surface area contributed by atoms with Crippen LogP contribution in [0, 0.1) is 0 Å². The van der Waals surface area contributed by atoms with E-state index < -0.39 is 17.7 Å². The molecule has 1 aliphatic heterocycles. The fourth-order valence-electron chi connectivity index (χ4n) is 4.10. The molecule has 1 N–H and O–H groups in total. The van der Waals surface area contributed by atoms with Gasteiger partial charge in [-0.15, -0.1) is 0 Å². The molecule has 1 amide bonds. The standard InChI is InChI=1S/C28H27NO5/c1-33-17-9-16-29-25(24(27(31)28(29)32)26(30)21-12-6-3-7-13-21)22-14-8-15-23(18-22)34-19-20-10-4-2-5-11-20/h2-8,10-15,18,25,30H,9,16-17,19H2,1H3/b26-24-. The molecule has 1 aliphatic rings. The monoisotopic (exact) mass is 457 g/mol. The van der Waals surface area contributed by atoms with Gasteiger partial charge in [0.05, 0.1) is 11.6 Å². The van der Waals surface area contributed by atoms with Crippen molar-refractivity contribution in [2.75, 3.05) is 20.3 Å². The zero-order valence-electron chi connectivity index (χ0n) is 19.0. The topological polar surface area (TPSA) is 76.1 Å². The SMILES string of the molecule is COCCCN1C(=O)C(=O)/C(=C(\O)c2ccccc2)C1c1cccc(OCc2ccccc2)c1. The molecule has 0 bridgehead atoms. The molecule has 3 aromatic carbocycles. The summed E-state index contributed by atoms with van der Waals surface area (Å²) < 4.78 is 11.1. The highest BCUT2D eigenvalue weighted by molar-refractivity contribution is 6.46. The van der Waals surface area contributed by atoms with Gasteiger partial charge in [-0.1, -0.05) is 72.8 Å². The molecule has 0 aromatic heterocycles. The number of carbonyl (C=O) groups is 2. The highest BCUT2D eigenvalue weighted by Crippen LogP contribution is 2.40. The van der Waals surface area contributed by atoms with Crippen molar-refractivity contribution in [3.05, 3.63) is 107 Å². The highest BCUT2D eigenvalue weighted by atomic mass is 16.5. The van der Waals surface area contributed by atoms with E-state index >= 15 is 0 Å². The number of aliphatic hydroxyl groups is 1. The lowest BCUT2D eigenvalue weighted by atomic mass is 9.95. The van der Waals surface area contributed by atoms with Crippen LogP contribution in [0.5, 0.6) is 5.75 Å². The van der Waals surface area contributed by atoms with Gasteiger partial charge in [-0.3, -0.25) is 9.59 Å². The van der Waals surface area contributed by atoms with Crippen LogP contribution in [-0.2, 0) is 20.9 Å². The number of Topliss-reactive ketones (excluding diaryl/α,β-unsaturated/α-hetero) is 1. The summed E-state index contributed by atoms with van der Waals surface area (Å²) in [4.78, 5) is 27.6. The van der Waals surface area contributed by atoms with Crippen LogP contribution in [0.1, 0.15) is 29.2 Å². The molecule has 34 heavy (non-hydrogen) atoms. The van der Waals surface area contributed by atoms with E-state index in [2.05, 4.69) is 0 Å². The molecule has 1 saturated heterocycles. The first-order valence-corrected chi connectivity index (χ1v) is 11.2. The van der Waals surface area contributed by atoms with Crippen molar-refractivity contribution in [3.8, 4) is 5.75 Å². The zero-order chi connectivity index (χ0) is 23.9. The number of ether oxygens (including phenoxy) is 2. The van der Waals surface area contributed by atoms with E-state index in [0.717, 1.165) is 5.56 Å². The number of ketones is 1. The maximum Gasteiger partial charge on any atom is 0.295 e. The molecule has 0 spiro atoms. The second-order valence-corrected chi connectivity index (χ2v) is 8.05. The number of benzene rings is 3. The third kappa shape index (κ3) is 5.02. The minimum Gasteiger partial charge on any atom is -0.507 e. The predicted molar refractivity (Wildman–Crippen MR) is 129 cm³/mol. The summed E-state index contributed by atoms with van der Waals surface area (Å²) in [6.45, 7) is 1.17. The Hall–Kier alpha value is -3.90. The Morgan fingerprint density at radius 1 is 0.941 bits per heavy atom. The maximum atomic E-state index is 13.1. The number of rotatable bonds is 9. The Morgan fingerprint density at radius 3 is 2.35 bits per heavy atom. The number of carbonyl (C=O) groups excluding carboxylic acids is 2. The van der Waals surface area contributed by atoms with Gasteiger partial charge in [0.2, 0.25) is 0 Å². The van der Waals surface area contributed by atoms with E-state index in [1.807, 2.05) is 60.7 Å². The lowest BCUT2D eigenvalue weighted by Gasteiger charge is -2.25. The largest absolute Gasteiger partial charge is 0.507 e. The van der Waals surface area contributed by atoms with E-state index in [1.54, 1.807) is 31.4 Å². The summed E-state index contributed by atoms with van der Waals surface area (Å²) >= 11 is 0. The second kappa shape index (κ2) is 10.8. The van der Waals surface area contributed by atoms with Crippen molar-refractivity contribution in [3.63, 3.8) is 0 Å². The van der Waals surface area contributed by atoms with E-state index in [9.17, 15) is 14.7 Å². The summed E-state index contributed by atoms with van der Waals surface area (Å²) in [6.07, 6.45) is 0.565. The number of aliphatic hydroxyl groups excluding tert-OH is 1. The minimum absolute atomic E-state index is 0.0776. The Kier molecular flexibility index (Phi) is 7.40. The Balaban J connectivity index is 1.71. The molecular formula is C28H27NO5. The third-order valence-corrected chi connectivity index (χ3v) is 5.76. The van der Waals surface area contributed by atoms with Gasteiger partial charge in [-0.05, 0) is 29.7 Å². The van der Waals surface area contributed by atoms with Crippen molar-refractivity contribution in [1.82, 2.24) is 4.90 Å². The number of nitrogens with zero attached hydrogens (tertiary/aromatic N) is 1. The van der Waals surface area contributed by atoms with Crippen molar-refractivity contribution < 1.29 is 24.2 Å². The van der Waals surface area contributed by atoms with E-state index in [0.29, 0.717) is 43.1 Å². The molecule has 0 saturated carbocycles. The van der Waals surface area contributed by atoms with Crippen LogP contribution in [0.15, 0.2) is 90.5 Å². The van der Waals surface area contributed by atoms with E-state index in [-0.39, 0.29) is 11.3 Å². The summed E-state index contributed by atoms with van der Waals surface area (Å²) in [5.74, 6) is -0.897. The zero-order valence-corrected chi connectivity index (χ0v) is 19.0. The lowest BCUT2D eigenvalue weighted by molar-refractivity contribution is -0.140. The lowest BCUT2D eigenvalue weighted by Crippen LogP contribution is -2.31. The van der Waals surface area contributed by atoms with Crippen molar-refractivity contribution in [2.24, 2.45) is 0 Å². The summed E-state index contributed by atoms with van der Waals surface area (Å²) in [5, 5.41) is 11.1. The molecule has 6 heteroatoms. The molecule has 4 rings (SSSR count). The average molecular weight is 458 g/mol. The second-order valence-electron chi connectivity index (χ2n) is 8.05. The highest BCUT2D eigenvalue weighted by Gasteiger charge is 2.45. The fourth-order valence-corrected chi connectivity index (χ4v) is 4.10. The number of likely N-dealkylation sites (tertiary alicyclic amines) is 1. The van der Waals surface area contributed by atoms with Gasteiger partial charge in [-0.25, -0.2) is 0 Å². The smallest absolute Gasteiger partial charge is 0.295 e. The quantitative estimate of drug-likeness (QED) is 0.218. The molecular weight excluding hydrogens is 430 g/mol. The minimum atomic E-state index is -0.725. The number of methoxy groups -OCH3 is 1. The number of amides is 1. The van der Waals surface area contributed by atoms with Gasteiger partial charge in [-0.2, -0.15) is 0 Å². The molecule has 1 fully saturated rings. The molecule has 1 unspecified atom stereocenters. The van der Waals surface area contributed by atoms with E-state index in [4.69, 9.17) is 9.47 Å². The summed E-state index contributed by atoms with van der Waals surface area (Å²) in [5.41, 5.74) is 2.29. The number of hydrogen-bond acceptors (Lipinski definition) is 5. The van der Waals surface area contributed by atoms with Gasteiger partial charge in [0, 0.05) is 25.8 Å². The van der Waals surface area contributed by atoms with Crippen LogP contribution in [0.3, 0.4) is 0 Å². The first kappa shape index (κ1) is 23.3. The summed E-state index contributed by atoms with van der Waals surface area (Å²) in [6, 6.07) is 25.2. The normalized spacial score (nSPS) is 17.2. The summed E-state index contributed by atoms with van der Waals surface area (Å²) in [7, 11) is 1.59. The van der Waals surface area contributed by atoms with Crippen molar-refractivity contribution in [2.45, 2.75) is 19.1 Å². The molecule has 1 heterocycles. The molecule has 1 atom stereocenters. The van der Waals surface area contributed by atoms with Gasteiger partial charge in [0.25, 0.3) is 11.7 Å². The maximum absolute atomic E-state index is 13.1. The molecule has 3 aromatic rings. The van der Waals surface area contributed by atoms with Gasteiger partial charge >= 0.3 is 0 Å². The first-order chi connectivity index (χ1) is 16.6. The van der Waals surface area contributed by atoms with Gasteiger partial charge in [0.1, 0.15) is 18.1 Å². The van der Waals surface area contributed by atoms with Crippen molar-refractivity contribution >= 4 is 17.4 Å². The Labute approximate surface area is 199 Å². The molecule has 0 aliphatic carbocycles. The average Bonchev–Trinajstić information content (AvgIpc) is 3.13. The number of hydrogen-bond donors (Lipinski definition) is 1. The van der Waals surface area contributed by atoms with Crippen molar-refractivity contribution in [1.29, 1.82) is 0 Å². The van der Waals surface area contributed by atoms with Crippen LogP contribution >= 0.6 is 0 Å². The fraction of sp³-hybridized carbons (Fsp3) is 0.214. The molecule has 6 nitrogen and oxygen atoms in total. The molecule has 174 valence electrons. The third-order valence-electron chi connectivity index (χ3n) is 5.76. The molecule has 0 radical (unpaired) electrons. The van der Waals surface area contributed by atoms with Crippen LogP contribution in [0.4, 0.5) is 0 Å². The van der Waals surface area contributed by atoms with Crippen LogP contribution in [0.25, 0.3) is 5.76 Å². The van der Waals surface area contributed by atoms with Crippen LogP contribution in [0.2, 0.25) is 0 Å². The van der Waals surface area contributed by atoms with E-state index in [1.165, 1.54) is 4.90 Å². The predicted octanol–water partition coefficient (Wildman–Crippen LogP) is 4.72.